The van der Waals surface area contributed by atoms with Crippen molar-refractivity contribution >= 4 is 29.1 Å². The van der Waals surface area contributed by atoms with E-state index in [-0.39, 0.29) is 47.3 Å². The number of aliphatic hydroxyl groups excluding tert-OH is 2. The first-order valence-corrected chi connectivity index (χ1v) is 10.9. The second-order valence-electron chi connectivity index (χ2n) is 8.42. The van der Waals surface area contributed by atoms with Crippen molar-refractivity contribution in [3.05, 3.63) is 58.4 Å². The highest BCUT2D eigenvalue weighted by atomic mass is 35.5. The third-order valence-electron chi connectivity index (χ3n) is 5.79. The van der Waals surface area contributed by atoms with Gasteiger partial charge in [-0.2, -0.15) is 0 Å². The van der Waals surface area contributed by atoms with Crippen molar-refractivity contribution in [1.82, 2.24) is 15.2 Å². The summed E-state index contributed by atoms with van der Waals surface area (Å²) in [5, 5.41) is 24.6. The van der Waals surface area contributed by atoms with E-state index in [9.17, 15) is 19.8 Å². The first-order valence-electron chi connectivity index (χ1n) is 10.5. The molecule has 0 unspecified atom stereocenters. The molecule has 8 nitrogen and oxygen atoms in total. The highest BCUT2D eigenvalue weighted by Crippen LogP contribution is 2.40. The quantitative estimate of drug-likeness (QED) is 0.446. The summed E-state index contributed by atoms with van der Waals surface area (Å²) in [4.78, 5) is 32.0. The molecule has 2 amide bonds. The van der Waals surface area contributed by atoms with E-state index in [0.29, 0.717) is 13.1 Å². The summed E-state index contributed by atoms with van der Waals surface area (Å²) in [7, 11) is 1.50. The van der Waals surface area contributed by atoms with Crippen LogP contribution in [0.1, 0.15) is 41.3 Å². The fourth-order valence-corrected chi connectivity index (χ4v) is 4.33. The predicted molar refractivity (Wildman–Crippen MR) is 123 cm³/mol. The Bertz CT molecular complexity index is 992. The predicted octanol–water partition coefficient (Wildman–Crippen LogP) is 1.76. The summed E-state index contributed by atoms with van der Waals surface area (Å²) < 4.78 is 0. The maximum Gasteiger partial charge on any atom is 0.253 e. The first-order chi connectivity index (χ1) is 15.2. The van der Waals surface area contributed by atoms with Crippen molar-refractivity contribution in [2.24, 2.45) is 0 Å². The highest BCUT2D eigenvalue weighted by molar-refractivity contribution is 6.30. The molecule has 0 aliphatic carbocycles. The molecule has 172 valence electrons. The van der Waals surface area contributed by atoms with Gasteiger partial charge in [-0.3, -0.25) is 14.5 Å². The number of rotatable bonds is 8. The number of aromatic nitrogens is 1. The van der Waals surface area contributed by atoms with Crippen molar-refractivity contribution in [3.63, 3.8) is 0 Å². The molecule has 0 saturated carbocycles. The summed E-state index contributed by atoms with van der Waals surface area (Å²) in [6, 6.07) is 9.23. The normalized spacial score (nSPS) is 16.3. The minimum absolute atomic E-state index is 0.147. The molecule has 1 aliphatic heterocycles. The number of hydrogen-bond donors (Lipinski definition) is 4. The standard InChI is InChI=1S/C23H29ClN4O4/c1-14(2)16-6-4-5-7-18(16)23(12-28(13-23)10-15(30)11-29)22(32)27-19-9-26-20(24)8-17(19)21(31)25-3/h4-9,14-15,29-30H,10-13H2,1-3H3,(H,25,31)(H,27,32)/t15-/m1/s1. The average molecular weight is 461 g/mol. The number of amides is 2. The molecule has 2 heterocycles. The van der Waals surface area contributed by atoms with Gasteiger partial charge in [0.2, 0.25) is 5.91 Å². The lowest BCUT2D eigenvalue weighted by atomic mass is 9.69. The second kappa shape index (κ2) is 9.95. The van der Waals surface area contributed by atoms with E-state index in [1.165, 1.54) is 19.3 Å². The number of β-amino-alcohol motifs (C(OH)–C–C–N with tert-alkyl or cyclic N) is 1. The summed E-state index contributed by atoms with van der Waals surface area (Å²) in [5.41, 5.74) is 1.58. The van der Waals surface area contributed by atoms with Crippen molar-refractivity contribution in [2.45, 2.75) is 31.3 Å². The molecule has 9 heteroatoms. The number of carbonyl (C=O) groups excluding carboxylic acids is 2. The van der Waals surface area contributed by atoms with E-state index in [2.05, 4.69) is 29.5 Å². The minimum atomic E-state index is -0.879. The third kappa shape index (κ3) is 4.78. The maximum absolute atomic E-state index is 13.7. The number of halogens is 1. The Kier molecular flexibility index (Phi) is 7.51. The van der Waals surface area contributed by atoms with Gasteiger partial charge in [0.1, 0.15) is 5.15 Å². The Morgan fingerprint density at radius 1 is 1.28 bits per heavy atom. The SMILES string of the molecule is CNC(=O)c1cc(Cl)ncc1NC(=O)C1(c2ccccc2C(C)C)CN(C[C@@H](O)CO)C1. The third-order valence-corrected chi connectivity index (χ3v) is 6.00. The molecular weight excluding hydrogens is 432 g/mol. The molecule has 1 fully saturated rings. The number of benzene rings is 1. The molecule has 0 spiro atoms. The van der Waals surface area contributed by atoms with Crippen molar-refractivity contribution < 1.29 is 19.8 Å². The molecule has 1 aromatic heterocycles. The van der Waals surface area contributed by atoms with E-state index in [1.54, 1.807) is 0 Å². The Morgan fingerprint density at radius 3 is 2.59 bits per heavy atom. The number of likely N-dealkylation sites (tertiary alicyclic amines) is 1. The van der Waals surface area contributed by atoms with Crippen LogP contribution in [0.15, 0.2) is 36.5 Å². The first kappa shape index (κ1) is 24.1. The number of pyridine rings is 1. The van der Waals surface area contributed by atoms with Gasteiger partial charge in [0.15, 0.2) is 0 Å². The van der Waals surface area contributed by atoms with Gasteiger partial charge in [0.05, 0.1) is 35.6 Å². The van der Waals surface area contributed by atoms with Crippen LogP contribution in [-0.4, -0.2) is 71.3 Å². The van der Waals surface area contributed by atoms with Crippen LogP contribution < -0.4 is 10.6 Å². The number of nitrogens with zero attached hydrogens (tertiary/aromatic N) is 2. The molecule has 3 rings (SSSR count). The van der Waals surface area contributed by atoms with E-state index in [4.69, 9.17) is 11.6 Å². The Labute approximate surface area is 192 Å². The molecule has 32 heavy (non-hydrogen) atoms. The topological polar surface area (TPSA) is 115 Å². The number of anilines is 1. The van der Waals surface area contributed by atoms with E-state index < -0.39 is 11.5 Å². The van der Waals surface area contributed by atoms with Crippen molar-refractivity contribution in [2.75, 3.05) is 38.6 Å². The van der Waals surface area contributed by atoms with Gasteiger partial charge in [0.25, 0.3) is 5.91 Å². The molecule has 2 aromatic rings. The van der Waals surface area contributed by atoms with Gasteiger partial charge in [-0.1, -0.05) is 49.7 Å². The number of hydrogen-bond acceptors (Lipinski definition) is 6. The molecule has 0 radical (unpaired) electrons. The number of aliphatic hydroxyl groups is 2. The summed E-state index contributed by atoms with van der Waals surface area (Å²) in [6.45, 7) is 4.81. The van der Waals surface area contributed by atoms with E-state index in [1.807, 2.05) is 29.2 Å². The van der Waals surface area contributed by atoms with Crippen LogP contribution in [0.5, 0.6) is 0 Å². The zero-order chi connectivity index (χ0) is 23.5. The lowest BCUT2D eigenvalue weighted by molar-refractivity contribution is -0.129. The Balaban J connectivity index is 1.98. The number of nitrogens with one attached hydrogen (secondary N) is 2. The molecule has 1 aromatic carbocycles. The van der Waals surface area contributed by atoms with E-state index >= 15 is 0 Å². The molecule has 0 bridgehead atoms. The van der Waals surface area contributed by atoms with Gasteiger partial charge in [-0.15, -0.1) is 0 Å². The molecule has 1 atom stereocenters. The van der Waals surface area contributed by atoms with Gasteiger partial charge in [-0.05, 0) is 23.1 Å². The van der Waals surface area contributed by atoms with Crippen LogP contribution in [0.3, 0.4) is 0 Å². The minimum Gasteiger partial charge on any atom is -0.394 e. The second-order valence-corrected chi connectivity index (χ2v) is 8.80. The largest absolute Gasteiger partial charge is 0.394 e. The highest BCUT2D eigenvalue weighted by Gasteiger charge is 2.52. The zero-order valence-corrected chi connectivity index (χ0v) is 19.2. The molecule has 4 N–H and O–H groups in total. The lowest BCUT2D eigenvalue weighted by Crippen LogP contribution is -2.66. The average Bonchev–Trinajstić information content (AvgIpc) is 2.76. The zero-order valence-electron chi connectivity index (χ0n) is 18.4. The summed E-state index contributed by atoms with van der Waals surface area (Å²) in [5.74, 6) is -0.455. The van der Waals surface area contributed by atoms with Gasteiger partial charge in [0, 0.05) is 26.7 Å². The fourth-order valence-electron chi connectivity index (χ4n) is 4.17. The van der Waals surface area contributed by atoms with Crippen LogP contribution in [0.2, 0.25) is 5.15 Å². The van der Waals surface area contributed by atoms with E-state index in [0.717, 1.165) is 11.1 Å². The number of carbonyl (C=O) groups is 2. The smallest absolute Gasteiger partial charge is 0.253 e. The van der Waals surface area contributed by atoms with Gasteiger partial charge >= 0.3 is 0 Å². The van der Waals surface area contributed by atoms with Crippen LogP contribution in [-0.2, 0) is 10.2 Å². The maximum atomic E-state index is 13.7. The molecule has 1 aliphatic rings. The van der Waals surface area contributed by atoms with Crippen molar-refractivity contribution in [3.8, 4) is 0 Å². The molecular formula is C23H29ClN4O4. The summed E-state index contributed by atoms with van der Waals surface area (Å²) >= 11 is 5.96. The fraction of sp³-hybridized carbons (Fsp3) is 0.435. The Hall–Kier alpha value is -2.52. The van der Waals surface area contributed by atoms with Crippen LogP contribution in [0.25, 0.3) is 0 Å². The molecule has 1 saturated heterocycles. The van der Waals surface area contributed by atoms with Crippen LogP contribution in [0.4, 0.5) is 5.69 Å². The summed E-state index contributed by atoms with van der Waals surface area (Å²) in [6.07, 6.45) is 0.496. The monoisotopic (exact) mass is 460 g/mol. The van der Waals surface area contributed by atoms with Gasteiger partial charge in [-0.25, -0.2) is 4.98 Å². The Morgan fingerprint density at radius 2 is 1.97 bits per heavy atom. The van der Waals surface area contributed by atoms with Crippen molar-refractivity contribution in [1.29, 1.82) is 0 Å². The van der Waals surface area contributed by atoms with Gasteiger partial charge < -0.3 is 20.8 Å². The van der Waals surface area contributed by atoms with Crippen LogP contribution in [0, 0.1) is 0 Å². The lowest BCUT2D eigenvalue weighted by Gasteiger charge is -2.50. The van der Waals surface area contributed by atoms with Crippen LogP contribution >= 0.6 is 11.6 Å².